The predicted octanol–water partition coefficient (Wildman–Crippen LogP) is 2.44. The first-order valence-electron chi connectivity index (χ1n) is 11.9. The van der Waals surface area contributed by atoms with Crippen molar-refractivity contribution in [3.05, 3.63) is 71.5 Å². The third kappa shape index (κ3) is 6.42. The van der Waals surface area contributed by atoms with Crippen molar-refractivity contribution in [3.63, 3.8) is 0 Å². The molecule has 0 unspecified atom stereocenters. The monoisotopic (exact) mass is 513 g/mol. The van der Waals surface area contributed by atoms with E-state index in [2.05, 4.69) is 5.32 Å². The van der Waals surface area contributed by atoms with Crippen molar-refractivity contribution in [2.75, 3.05) is 20.6 Å². The van der Waals surface area contributed by atoms with Crippen LogP contribution < -0.4 is 5.32 Å². The van der Waals surface area contributed by atoms with Gasteiger partial charge in [-0.15, -0.1) is 0 Å². The van der Waals surface area contributed by atoms with Crippen LogP contribution in [0.4, 0.5) is 9.18 Å². The van der Waals surface area contributed by atoms with Gasteiger partial charge in [-0.3, -0.25) is 14.4 Å². The summed E-state index contributed by atoms with van der Waals surface area (Å²) in [4.78, 5) is 54.1. The molecule has 1 aliphatic heterocycles. The van der Waals surface area contributed by atoms with E-state index in [1.165, 1.54) is 32.0 Å². The van der Waals surface area contributed by atoms with Crippen LogP contribution in [0.25, 0.3) is 0 Å². The molecule has 1 fully saturated rings. The van der Waals surface area contributed by atoms with Crippen LogP contribution in [0.5, 0.6) is 0 Å². The summed E-state index contributed by atoms with van der Waals surface area (Å²) in [5.74, 6) is -2.66. The average molecular weight is 514 g/mol. The molecule has 198 valence electrons. The van der Waals surface area contributed by atoms with E-state index in [0.717, 1.165) is 5.56 Å². The molecule has 2 N–H and O–H groups in total. The Hall–Kier alpha value is -3.99. The number of benzene rings is 2. The second-order valence-electron chi connectivity index (χ2n) is 9.03. The lowest BCUT2D eigenvalue weighted by atomic mass is 10.0. The fourth-order valence-corrected chi connectivity index (χ4v) is 4.44. The molecule has 3 atom stereocenters. The minimum absolute atomic E-state index is 0.110. The zero-order chi connectivity index (χ0) is 27.3. The molecule has 3 rings (SSSR count). The number of hydrogen-bond acceptors (Lipinski definition) is 5. The number of carbonyl (C=O) groups is 4. The summed E-state index contributed by atoms with van der Waals surface area (Å²) < 4.78 is 13.2. The number of nitrogens with one attached hydrogen (secondary N) is 1. The first-order valence-corrected chi connectivity index (χ1v) is 11.9. The largest absolute Gasteiger partial charge is 0.481 e. The molecule has 1 aliphatic rings. The Morgan fingerprint density at radius 3 is 2.35 bits per heavy atom. The van der Waals surface area contributed by atoms with Gasteiger partial charge in [0.25, 0.3) is 0 Å². The topological polar surface area (TPSA) is 114 Å². The van der Waals surface area contributed by atoms with Crippen molar-refractivity contribution in [1.29, 1.82) is 0 Å². The second kappa shape index (κ2) is 11.8. The molecule has 2 aromatic rings. The average Bonchev–Trinajstić information content (AvgIpc) is 2.86. The molecular weight excluding hydrogens is 481 g/mol. The molecule has 10 nitrogen and oxygen atoms in total. The third-order valence-electron chi connectivity index (χ3n) is 6.54. The number of carbonyl (C=O) groups excluding carboxylic acids is 3. The van der Waals surface area contributed by atoms with Gasteiger partial charge in [0.2, 0.25) is 11.8 Å². The standard InChI is InChI=1S/C26H32FN5O5/c1-17(20-8-6-5-7-9-20)30(4)25(36)22(14-24(34)35)31-18(2)32(29(3)16-23(31)33)26(37)28-15-19-10-12-21(27)13-11-19/h5-13,17-18,22H,14-16H2,1-4H3,(H,28,37)(H,34,35)/t17-,18+,22+/m1/s1. The molecule has 0 aliphatic carbocycles. The fourth-order valence-electron chi connectivity index (χ4n) is 4.44. The zero-order valence-corrected chi connectivity index (χ0v) is 21.3. The normalized spacial score (nSPS) is 17.8. The number of halogens is 1. The highest BCUT2D eigenvalue weighted by Gasteiger charge is 2.45. The fraction of sp³-hybridized carbons (Fsp3) is 0.385. The van der Waals surface area contributed by atoms with E-state index in [1.54, 1.807) is 33.2 Å². The van der Waals surface area contributed by atoms with Crippen LogP contribution >= 0.6 is 0 Å². The Balaban J connectivity index is 1.82. The summed E-state index contributed by atoms with van der Waals surface area (Å²) >= 11 is 0. The van der Waals surface area contributed by atoms with Crippen molar-refractivity contribution < 1.29 is 28.7 Å². The van der Waals surface area contributed by atoms with Crippen LogP contribution in [0.1, 0.15) is 37.4 Å². The van der Waals surface area contributed by atoms with Crippen LogP contribution in [0.15, 0.2) is 54.6 Å². The number of carboxylic acid groups (broad SMARTS) is 1. The van der Waals surface area contributed by atoms with Gasteiger partial charge in [-0.25, -0.2) is 19.2 Å². The van der Waals surface area contributed by atoms with E-state index in [9.17, 15) is 28.7 Å². The van der Waals surface area contributed by atoms with Gasteiger partial charge in [0.05, 0.1) is 19.0 Å². The summed E-state index contributed by atoms with van der Waals surface area (Å²) in [6.45, 7) is 3.26. The van der Waals surface area contributed by atoms with Crippen molar-refractivity contribution in [2.45, 2.75) is 45.1 Å². The maximum Gasteiger partial charge on any atom is 0.334 e. The Morgan fingerprint density at radius 1 is 1.14 bits per heavy atom. The van der Waals surface area contributed by atoms with Crippen molar-refractivity contribution in [3.8, 4) is 0 Å². The minimum atomic E-state index is -1.32. The zero-order valence-electron chi connectivity index (χ0n) is 21.3. The number of urea groups is 1. The predicted molar refractivity (Wildman–Crippen MR) is 133 cm³/mol. The van der Waals surface area contributed by atoms with Gasteiger partial charge < -0.3 is 20.2 Å². The van der Waals surface area contributed by atoms with E-state index in [-0.39, 0.29) is 19.1 Å². The van der Waals surface area contributed by atoms with E-state index in [1.807, 2.05) is 37.3 Å². The first kappa shape index (κ1) is 27.6. The first-order chi connectivity index (χ1) is 17.5. The molecule has 0 radical (unpaired) electrons. The molecule has 0 aromatic heterocycles. The molecule has 2 aromatic carbocycles. The van der Waals surface area contributed by atoms with Crippen LogP contribution in [-0.4, -0.2) is 81.6 Å². The highest BCUT2D eigenvalue weighted by Crippen LogP contribution is 2.25. The molecule has 1 saturated heterocycles. The van der Waals surface area contributed by atoms with Crippen LogP contribution in [-0.2, 0) is 20.9 Å². The van der Waals surface area contributed by atoms with E-state index in [4.69, 9.17) is 0 Å². The molecule has 37 heavy (non-hydrogen) atoms. The van der Waals surface area contributed by atoms with Crippen LogP contribution in [0.2, 0.25) is 0 Å². The SMILES string of the molecule is C[C@H](c1ccccc1)N(C)C(=O)[C@H](CC(=O)O)N1C(=O)CN(C)N(C(=O)NCc2ccc(F)cc2)[C@H]1C. The summed E-state index contributed by atoms with van der Waals surface area (Å²) in [5, 5.41) is 15.0. The Bertz CT molecular complexity index is 1130. The number of amides is 4. The molecular formula is C26H32FN5O5. The number of aliphatic carboxylic acids is 1. The maximum absolute atomic E-state index is 13.6. The third-order valence-corrected chi connectivity index (χ3v) is 6.54. The van der Waals surface area contributed by atoms with Gasteiger partial charge in [-0.1, -0.05) is 42.5 Å². The maximum atomic E-state index is 13.6. The van der Waals surface area contributed by atoms with E-state index < -0.39 is 48.3 Å². The Kier molecular flexibility index (Phi) is 8.82. The van der Waals surface area contributed by atoms with E-state index >= 15 is 0 Å². The van der Waals surface area contributed by atoms with Crippen molar-refractivity contribution in [1.82, 2.24) is 25.1 Å². The van der Waals surface area contributed by atoms with Crippen LogP contribution in [0.3, 0.4) is 0 Å². The number of likely N-dealkylation sites (N-methyl/N-ethyl adjacent to an activating group) is 2. The number of rotatable bonds is 8. The summed E-state index contributed by atoms with van der Waals surface area (Å²) in [6.07, 6.45) is -1.57. The lowest BCUT2D eigenvalue weighted by Gasteiger charge is -2.49. The minimum Gasteiger partial charge on any atom is -0.481 e. The number of hydrazine groups is 1. The van der Waals surface area contributed by atoms with Gasteiger partial charge in [0.1, 0.15) is 18.0 Å². The lowest BCUT2D eigenvalue weighted by Crippen LogP contribution is -2.69. The smallest absolute Gasteiger partial charge is 0.334 e. The quantitative estimate of drug-likeness (QED) is 0.561. The molecule has 11 heteroatoms. The Morgan fingerprint density at radius 2 is 1.76 bits per heavy atom. The number of carboxylic acids is 1. The lowest BCUT2D eigenvalue weighted by molar-refractivity contribution is -0.174. The van der Waals surface area contributed by atoms with Gasteiger partial charge in [0.15, 0.2) is 0 Å². The molecule has 4 amide bonds. The summed E-state index contributed by atoms with van der Waals surface area (Å²) in [7, 11) is 3.12. The number of nitrogens with zero attached hydrogens (tertiary/aromatic N) is 4. The van der Waals surface area contributed by atoms with Gasteiger partial charge in [-0.05, 0) is 37.1 Å². The molecule has 0 bridgehead atoms. The summed E-state index contributed by atoms with van der Waals surface area (Å²) in [6, 6.07) is 12.7. The van der Waals surface area contributed by atoms with Gasteiger partial charge in [-0.2, -0.15) is 0 Å². The van der Waals surface area contributed by atoms with Crippen molar-refractivity contribution >= 4 is 23.8 Å². The van der Waals surface area contributed by atoms with Gasteiger partial charge >= 0.3 is 12.0 Å². The molecule has 0 spiro atoms. The molecule has 1 heterocycles. The molecule has 0 saturated carbocycles. The second-order valence-corrected chi connectivity index (χ2v) is 9.03. The summed E-state index contributed by atoms with van der Waals surface area (Å²) in [5.41, 5.74) is 1.53. The number of hydrogen-bond donors (Lipinski definition) is 2. The highest BCUT2D eigenvalue weighted by molar-refractivity contribution is 5.92. The highest BCUT2D eigenvalue weighted by atomic mass is 19.1. The van der Waals surface area contributed by atoms with Crippen LogP contribution in [0, 0.1) is 5.82 Å². The Labute approximate surface area is 215 Å². The van der Waals surface area contributed by atoms with Gasteiger partial charge in [0, 0.05) is 20.6 Å². The van der Waals surface area contributed by atoms with E-state index in [0.29, 0.717) is 5.56 Å². The van der Waals surface area contributed by atoms with Crippen molar-refractivity contribution in [2.24, 2.45) is 0 Å².